The molecule has 1 fully saturated rings. The van der Waals surface area contributed by atoms with Gasteiger partial charge in [-0.1, -0.05) is 6.07 Å². The Labute approximate surface area is 185 Å². The van der Waals surface area contributed by atoms with Gasteiger partial charge in [0, 0.05) is 26.2 Å². The standard InChI is InChI=1S/C22H38N4O3S/c1-5-23-22(24-10-6-7-15-30-4)25-17-19(26-11-13-29-14-12-26)18-8-9-20(27-2)21(16-18)28-3/h8-9,16,19H,5-7,10-15,17H2,1-4H3,(H2,23,24,25). The summed E-state index contributed by atoms with van der Waals surface area (Å²) in [6.45, 7) is 7.83. The highest BCUT2D eigenvalue weighted by molar-refractivity contribution is 7.98. The topological polar surface area (TPSA) is 67.4 Å². The highest BCUT2D eigenvalue weighted by atomic mass is 32.2. The Kier molecular flexibility index (Phi) is 11.8. The zero-order valence-electron chi connectivity index (χ0n) is 18.9. The predicted molar refractivity (Wildman–Crippen MR) is 126 cm³/mol. The lowest BCUT2D eigenvalue weighted by atomic mass is 10.0. The number of aliphatic imine (C=N–C) groups is 1. The maximum absolute atomic E-state index is 5.57. The Bertz CT molecular complexity index is 639. The minimum atomic E-state index is 0.153. The fourth-order valence-electron chi connectivity index (χ4n) is 3.48. The molecule has 0 aliphatic carbocycles. The van der Waals surface area contributed by atoms with Crippen LogP contribution in [0.15, 0.2) is 23.2 Å². The van der Waals surface area contributed by atoms with Crippen LogP contribution in [-0.4, -0.2) is 83.0 Å². The van der Waals surface area contributed by atoms with Crippen LogP contribution in [0.5, 0.6) is 11.5 Å². The molecule has 0 radical (unpaired) electrons. The van der Waals surface area contributed by atoms with E-state index < -0.39 is 0 Å². The number of nitrogens with zero attached hydrogens (tertiary/aromatic N) is 2. The second-order valence-electron chi connectivity index (χ2n) is 7.12. The number of unbranched alkanes of at least 4 members (excludes halogenated alkanes) is 1. The molecule has 1 saturated heterocycles. The van der Waals surface area contributed by atoms with Gasteiger partial charge in [-0.3, -0.25) is 9.89 Å². The number of thioether (sulfide) groups is 1. The largest absolute Gasteiger partial charge is 0.493 e. The van der Waals surface area contributed by atoms with Crippen molar-refractivity contribution in [1.82, 2.24) is 15.5 Å². The van der Waals surface area contributed by atoms with Gasteiger partial charge in [-0.25, -0.2) is 0 Å². The van der Waals surface area contributed by atoms with Gasteiger partial charge in [-0.2, -0.15) is 11.8 Å². The summed E-state index contributed by atoms with van der Waals surface area (Å²) in [6.07, 6.45) is 4.52. The molecular weight excluding hydrogens is 400 g/mol. The van der Waals surface area contributed by atoms with Crippen molar-refractivity contribution in [3.05, 3.63) is 23.8 Å². The van der Waals surface area contributed by atoms with Crippen molar-refractivity contribution in [2.45, 2.75) is 25.8 Å². The quantitative estimate of drug-likeness (QED) is 0.295. The van der Waals surface area contributed by atoms with E-state index in [9.17, 15) is 0 Å². The number of guanidine groups is 1. The first-order chi connectivity index (χ1) is 14.7. The minimum Gasteiger partial charge on any atom is -0.493 e. The lowest BCUT2D eigenvalue weighted by Gasteiger charge is -2.34. The van der Waals surface area contributed by atoms with Crippen LogP contribution in [0.25, 0.3) is 0 Å². The van der Waals surface area contributed by atoms with Gasteiger partial charge in [0.15, 0.2) is 17.5 Å². The van der Waals surface area contributed by atoms with Gasteiger partial charge >= 0.3 is 0 Å². The third-order valence-electron chi connectivity index (χ3n) is 5.11. The molecule has 8 heteroatoms. The molecular formula is C22H38N4O3S. The van der Waals surface area contributed by atoms with E-state index in [-0.39, 0.29) is 6.04 Å². The van der Waals surface area contributed by atoms with Gasteiger partial charge in [0.2, 0.25) is 0 Å². The average molecular weight is 439 g/mol. The van der Waals surface area contributed by atoms with Crippen LogP contribution in [0.1, 0.15) is 31.4 Å². The molecule has 1 aliphatic heterocycles. The van der Waals surface area contributed by atoms with E-state index in [4.69, 9.17) is 19.2 Å². The van der Waals surface area contributed by atoms with Crippen LogP contribution >= 0.6 is 11.8 Å². The molecule has 1 aromatic rings. The molecule has 2 N–H and O–H groups in total. The van der Waals surface area contributed by atoms with Gasteiger partial charge in [0.25, 0.3) is 0 Å². The lowest BCUT2D eigenvalue weighted by molar-refractivity contribution is 0.0179. The molecule has 7 nitrogen and oxygen atoms in total. The van der Waals surface area contributed by atoms with E-state index in [1.807, 2.05) is 17.8 Å². The summed E-state index contributed by atoms with van der Waals surface area (Å²) >= 11 is 1.90. The van der Waals surface area contributed by atoms with E-state index >= 15 is 0 Å². The van der Waals surface area contributed by atoms with Crippen LogP contribution in [0, 0.1) is 0 Å². The molecule has 0 saturated carbocycles. The summed E-state index contributed by atoms with van der Waals surface area (Å²) in [6, 6.07) is 6.30. The van der Waals surface area contributed by atoms with Crippen molar-refractivity contribution in [2.24, 2.45) is 4.99 Å². The number of ether oxygens (including phenoxy) is 3. The first kappa shape index (κ1) is 24.6. The first-order valence-electron chi connectivity index (χ1n) is 10.8. The second-order valence-corrected chi connectivity index (χ2v) is 8.11. The van der Waals surface area contributed by atoms with Crippen molar-refractivity contribution in [3.8, 4) is 11.5 Å². The van der Waals surface area contributed by atoms with E-state index in [0.717, 1.165) is 63.3 Å². The Morgan fingerprint density at radius 1 is 1.17 bits per heavy atom. The maximum atomic E-state index is 5.57. The van der Waals surface area contributed by atoms with Gasteiger partial charge in [-0.05, 0) is 49.5 Å². The highest BCUT2D eigenvalue weighted by Crippen LogP contribution is 2.32. The van der Waals surface area contributed by atoms with Gasteiger partial charge in [0.05, 0.1) is 40.0 Å². The van der Waals surface area contributed by atoms with Crippen LogP contribution in [-0.2, 0) is 4.74 Å². The Morgan fingerprint density at radius 2 is 1.93 bits per heavy atom. The van der Waals surface area contributed by atoms with Crippen molar-refractivity contribution >= 4 is 17.7 Å². The summed E-state index contributed by atoms with van der Waals surface area (Å²) in [5.74, 6) is 3.57. The SMILES string of the molecule is CCNC(=NCC(c1ccc(OC)c(OC)c1)N1CCOCC1)NCCCCSC. The monoisotopic (exact) mass is 438 g/mol. The van der Waals surface area contributed by atoms with Crippen LogP contribution in [0.3, 0.4) is 0 Å². The van der Waals surface area contributed by atoms with E-state index in [1.54, 1.807) is 14.2 Å². The average Bonchev–Trinajstić information content (AvgIpc) is 2.79. The van der Waals surface area contributed by atoms with E-state index in [0.29, 0.717) is 6.54 Å². The zero-order chi connectivity index (χ0) is 21.6. The lowest BCUT2D eigenvalue weighted by Crippen LogP contribution is -2.42. The number of nitrogens with one attached hydrogen (secondary N) is 2. The smallest absolute Gasteiger partial charge is 0.191 e. The number of methoxy groups -OCH3 is 2. The zero-order valence-corrected chi connectivity index (χ0v) is 19.7. The molecule has 1 aromatic carbocycles. The fourth-order valence-corrected chi connectivity index (χ4v) is 3.97. The molecule has 1 unspecified atom stereocenters. The van der Waals surface area contributed by atoms with Gasteiger partial charge in [0.1, 0.15) is 0 Å². The van der Waals surface area contributed by atoms with E-state index in [2.05, 4.69) is 40.8 Å². The van der Waals surface area contributed by atoms with Crippen molar-refractivity contribution in [2.75, 3.05) is 72.2 Å². The normalized spacial score (nSPS) is 16.2. The van der Waals surface area contributed by atoms with Crippen LogP contribution < -0.4 is 20.1 Å². The summed E-state index contributed by atoms with van der Waals surface area (Å²) < 4.78 is 16.5. The summed E-state index contributed by atoms with van der Waals surface area (Å²) in [7, 11) is 3.34. The summed E-state index contributed by atoms with van der Waals surface area (Å²) in [5, 5.41) is 6.84. The first-order valence-corrected chi connectivity index (χ1v) is 12.2. The molecule has 1 atom stereocenters. The second kappa shape index (κ2) is 14.4. The Hall–Kier alpha value is -1.64. The number of rotatable bonds is 12. The molecule has 0 amide bonds. The van der Waals surface area contributed by atoms with Gasteiger partial charge in [-0.15, -0.1) is 0 Å². The summed E-state index contributed by atoms with van der Waals surface area (Å²) in [4.78, 5) is 7.36. The molecule has 2 rings (SSSR count). The Morgan fingerprint density at radius 3 is 2.60 bits per heavy atom. The van der Waals surface area contributed by atoms with Crippen LogP contribution in [0.2, 0.25) is 0 Å². The number of hydrogen-bond acceptors (Lipinski definition) is 6. The van der Waals surface area contributed by atoms with E-state index in [1.165, 1.54) is 17.7 Å². The van der Waals surface area contributed by atoms with Crippen molar-refractivity contribution < 1.29 is 14.2 Å². The molecule has 0 aromatic heterocycles. The third-order valence-corrected chi connectivity index (χ3v) is 5.81. The number of morpholine rings is 1. The predicted octanol–water partition coefficient (Wildman–Crippen LogP) is 2.78. The van der Waals surface area contributed by atoms with Crippen molar-refractivity contribution in [1.29, 1.82) is 0 Å². The number of hydrogen-bond donors (Lipinski definition) is 2. The molecule has 0 spiro atoms. The van der Waals surface area contributed by atoms with Crippen molar-refractivity contribution in [3.63, 3.8) is 0 Å². The van der Waals surface area contributed by atoms with Crippen LogP contribution in [0.4, 0.5) is 0 Å². The molecule has 1 aliphatic rings. The molecule has 0 bridgehead atoms. The highest BCUT2D eigenvalue weighted by Gasteiger charge is 2.24. The molecule has 170 valence electrons. The molecule has 30 heavy (non-hydrogen) atoms. The maximum Gasteiger partial charge on any atom is 0.191 e. The van der Waals surface area contributed by atoms with Gasteiger partial charge < -0.3 is 24.8 Å². The summed E-state index contributed by atoms with van der Waals surface area (Å²) in [5.41, 5.74) is 1.18. The Balaban J connectivity index is 2.14. The fraction of sp³-hybridized carbons (Fsp3) is 0.682. The molecule has 1 heterocycles. The number of benzene rings is 1. The third kappa shape index (κ3) is 7.89. The minimum absolute atomic E-state index is 0.153.